The molecule has 2 heterocycles. The van der Waals surface area contributed by atoms with E-state index in [1.54, 1.807) is 19.4 Å². The molecule has 1 atom stereocenters. The smallest absolute Gasteiger partial charge is 0.197 e. The topological polar surface area (TPSA) is 67.9 Å². The van der Waals surface area contributed by atoms with Crippen molar-refractivity contribution in [3.05, 3.63) is 71.6 Å². The van der Waals surface area contributed by atoms with E-state index in [1.807, 2.05) is 25.1 Å². The molecule has 0 aliphatic heterocycles. The zero-order chi connectivity index (χ0) is 18.1. The molecule has 132 valence electrons. The van der Waals surface area contributed by atoms with Crippen LogP contribution in [-0.4, -0.2) is 26.3 Å². The molecule has 26 heavy (non-hydrogen) atoms. The van der Waals surface area contributed by atoms with Gasteiger partial charge in [0.15, 0.2) is 5.16 Å². The van der Waals surface area contributed by atoms with Crippen LogP contribution in [0.25, 0.3) is 11.0 Å². The summed E-state index contributed by atoms with van der Waals surface area (Å²) < 4.78 is 18.1. The maximum atomic E-state index is 12.8. The van der Waals surface area contributed by atoms with Crippen molar-refractivity contribution >= 4 is 21.8 Å². The third-order valence-electron chi connectivity index (χ3n) is 4.58. The molecule has 0 spiro atoms. The fraction of sp³-hybridized carbons (Fsp3) is 0.200. The summed E-state index contributed by atoms with van der Waals surface area (Å²) >= 11 is 0. The first kappa shape index (κ1) is 16.7. The quantitative estimate of drug-likeness (QED) is 0.747. The van der Waals surface area contributed by atoms with Gasteiger partial charge in [0.25, 0.3) is 0 Å². The molecule has 0 saturated heterocycles. The van der Waals surface area contributed by atoms with E-state index in [0.717, 1.165) is 28.0 Å². The average Bonchev–Trinajstić information content (AvgIpc) is 3.32. The lowest BCUT2D eigenvalue weighted by Gasteiger charge is -2.08. The number of benzene rings is 1. The Labute approximate surface area is 154 Å². The van der Waals surface area contributed by atoms with Gasteiger partial charge in [-0.05, 0) is 30.7 Å². The minimum absolute atomic E-state index is 0.292. The molecule has 6 heteroatoms. The number of rotatable bonds is 5. The summed E-state index contributed by atoms with van der Waals surface area (Å²) in [5.74, 6) is 1.34. The van der Waals surface area contributed by atoms with Crippen LogP contribution in [0.5, 0.6) is 5.75 Å². The number of ether oxygens (including phenoxy) is 1. The summed E-state index contributed by atoms with van der Waals surface area (Å²) in [6.07, 6.45) is 10.1. The number of fused-ring (bicyclic) bond motifs is 1. The Hall–Kier alpha value is -2.73. The number of H-pyrrole nitrogens is 1. The predicted molar refractivity (Wildman–Crippen MR) is 103 cm³/mol. The van der Waals surface area contributed by atoms with Crippen molar-refractivity contribution < 1.29 is 8.95 Å². The zero-order valence-corrected chi connectivity index (χ0v) is 15.4. The number of nitrogens with one attached hydrogen (secondary N) is 1. The number of hydrogen-bond donors (Lipinski definition) is 1. The van der Waals surface area contributed by atoms with Crippen LogP contribution < -0.4 is 4.74 Å². The van der Waals surface area contributed by atoms with Crippen LogP contribution in [0.15, 0.2) is 59.9 Å². The van der Waals surface area contributed by atoms with Crippen LogP contribution in [-0.2, 0) is 16.6 Å². The molecule has 1 N–H and O–H groups in total. The van der Waals surface area contributed by atoms with E-state index in [-0.39, 0.29) is 0 Å². The first-order chi connectivity index (χ1) is 12.7. The van der Waals surface area contributed by atoms with E-state index in [0.29, 0.717) is 16.8 Å². The number of aromatic nitrogens is 3. The van der Waals surface area contributed by atoms with E-state index >= 15 is 0 Å². The maximum absolute atomic E-state index is 12.8. The summed E-state index contributed by atoms with van der Waals surface area (Å²) in [4.78, 5) is 12.0. The molecule has 3 aromatic rings. The van der Waals surface area contributed by atoms with E-state index in [9.17, 15) is 4.21 Å². The molecular weight excluding hydrogens is 346 g/mol. The minimum atomic E-state index is -1.31. The lowest BCUT2D eigenvalue weighted by Crippen LogP contribution is -2.03. The van der Waals surface area contributed by atoms with Crippen molar-refractivity contribution in [3.63, 3.8) is 0 Å². The van der Waals surface area contributed by atoms with Gasteiger partial charge in [-0.1, -0.05) is 30.4 Å². The van der Waals surface area contributed by atoms with Gasteiger partial charge in [-0.3, -0.25) is 9.19 Å². The van der Waals surface area contributed by atoms with E-state index in [4.69, 9.17) is 4.74 Å². The number of pyridine rings is 1. The Balaban J connectivity index is 1.61. The van der Waals surface area contributed by atoms with E-state index in [1.165, 1.54) is 5.56 Å². The zero-order valence-electron chi connectivity index (χ0n) is 14.6. The summed E-state index contributed by atoms with van der Waals surface area (Å²) in [7, 11) is 0.311. The normalized spacial score (nSPS) is 15.0. The van der Waals surface area contributed by atoms with Gasteiger partial charge in [-0.15, -0.1) is 0 Å². The van der Waals surface area contributed by atoms with Crippen molar-refractivity contribution in [1.29, 1.82) is 0 Å². The van der Waals surface area contributed by atoms with Gasteiger partial charge in [0.05, 0.1) is 40.4 Å². The van der Waals surface area contributed by atoms with Gasteiger partial charge in [-0.25, -0.2) is 4.98 Å². The molecular formula is C20H19N3O2S. The Morgan fingerprint density at radius 3 is 2.81 bits per heavy atom. The lowest BCUT2D eigenvalue weighted by atomic mass is 10.0. The number of nitrogens with zero attached hydrogens (tertiary/aromatic N) is 2. The monoisotopic (exact) mass is 365 g/mol. The average molecular weight is 365 g/mol. The van der Waals surface area contributed by atoms with Gasteiger partial charge in [-0.2, -0.15) is 0 Å². The van der Waals surface area contributed by atoms with Crippen molar-refractivity contribution in [1.82, 2.24) is 15.0 Å². The third-order valence-corrected chi connectivity index (χ3v) is 5.74. The SMILES string of the molecule is COc1ccnc(CS(=O)c2nc3ccc(C4C=CC=C4)cc3[nH]2)c1C. The second-order valence-electron chi connectivity index (χ2n) is 6.19. The Bertz CT molecular complexity index is 1040. The Morgan fingerprint density at radius 1 is 1.23 bits per heavy atom. The Morgan fingerprint density at radius 2 is 2.04 bits per heavy atom. The number of aromatic amines is 1. The molecule has 1 unspecified atom stereocenters. The first-order valence-electron chi connectivity index (χ1n) is 8.37. The highest BCUT2D eigenvalue weighted by atomic mass is 32.2. The molecule has 4 rings (SSSR count). The number of methoxy groups -OCH3 is 1. The summed E-state index contributed by atoms with van der Waals surface area (Å²) in [5, 5.41) is 0.471. The van der Waals surface area contributed by atoms with E-state index in [2.05, 4.69) is 39.2 Å². The highest BCUT2D eigenvalue weighted by molar-refractivity contribution is 7.84. The first-order valence-corrected chi connectivity index (χ1v) is 9.69. The third kappa shape index (κ3) is 3.08. The molecule has 1 aliphatic carbocycles. The number of allylic oxidation sites excluding steroid dienone is 4. The molecule has 0 bridgehead atoms. The van der Waals surface area contributed by atoms with Gasteiger partial charge in [0.2, 0.25) is 0 Å². The molecule has 0 saturated carbocycles. The Kier molecular flexibility index (Phi) is 4.42. The summed E-state index contributed by atoms with van der Waals surface area (Å²) in [6.45, 7) is 1.92. The molecule has 1 aliphatic rings. The number of hydrogen-bond acceptors (Lipinski definition) is 4. The van der Waals surface area contributed by atoms with Crippen LogP contribution in [0.3, 0.4) is 0 Å². The highest BCUT2D eigenvalue weighted by Crippen LogP contribution is 2.26. The fourth-order valence-electron chi connectivity index (χ4n) is 3.09. The lowest BCUT2D eigenvalue weighted by molar-refractivity contribution is 0.410. The molecule has 0 fully saturated rings. The second-order valence-corrected chi connectivity index (χ2v) is 7.56. The minimum Gasteiger partial charge on any atom is -0.496 e. The largest absolute Gasteiger partial charge is 0.496 e. The molecule has 0 radical (unpaired) electrons. The van der Waals surface area contributed by atoms with Crippen LogP contribution in [0.1, 0.15) is 22.7 Å². The highest BCUT2D eigenvalue weighted by Gasteiger charge is 2.16. The molecule has 1 aromatic carbocycles. The fourth-order valence-corrected chi connectivity index (χ4v) is 4.19. The molecule has 5 nitrogen and oxygen atoms in total. The number of imidazole rings is 1. The van der Waals surface area contributed by atoms with Crippen LogP contribution in [0.2, 0.25) is 0 Å². The van der Waals surface area contributed by atoms with Crippen molar-refractivity contribution in [2.75, 3.05) is 7.11 Å². The van der Waals surface area contributed by atoms with Crippen molar-refractivity contribution in [3.8, 4) is 5.75 Å². The molecule has 0 amide bonds. The van der Waals surface area contributed by atoms with Crippen molar-refractivity contribution in [2.45, 2.75) is 23.8 Å². The standard InChI is InChI=1S/C20H19N3O2S/c1-13-18(21-10-9-19(13)25-2)12-26(24)20-22-16-8-7-15(11-17(16)23-20)14-5-3-4-6-14/h3-11,14H,12H2,1-2H3,(H,22,23). The summed E-state index contributed by atoms with van der Waals surface area (Å²) in [5.41, 5.74) is 4.56. The maximum Gasteiger partial charge on any atom is 0.197 e. The van der Waals surface area contributed by atoms with Crippen LogP contribution >= 0.6 is 0 Å². The van der Waals surface area contributed by atoms with Crippen LogP contribution in [0.4, 0.5) is 0 Å². The van der Waals surface area contributed by atoms with Gasteiger partial charge < -0.3 is 9.72 Å². The summed E-state index contributed by atoms with van der Waals surface area (Å²) in [6, 6.07) is 7.91. The van der Waals surface area contributed by atoms with Crippen molar-refractivity contribution in [2.24, 2.45) is 0 Å². The van der Waals surface area contributed by atoms with Gasteiger partial charge in [0, 0.05) is 17.7 Å². The second kappa shape index (κ2) is 6.88. The van der Waals surface area contributed by atoms with E-state index < -0.39 is 10.8 Å². The van der Waals surface area contributed by atoms with Gasteiger partial charge in [0.1, 0.15) is 5.75 Å². The predicted octanol–water partition coefficient (Wildman–Crippen LogP) is 3.79. The molecule has 2 aromatic heterocycles. The van der Waals surface area contributed by atoms with Gasteiger partial charge >= 0.3 is 0 Å². The van der Waals surface area contributed by atoms with Crippen LogP contribution in [0, 0.1) is 6.92 Å².